The Kier molecular flexibility index (Phi) is 1.61. The second-order valence-electron chi connectivity index (χ2n) is 2.85. The molecule has 6 heteroatoms. The molecule has 1 aliphatic carbocycles. The maximum absolute atomic E-state index is 11.2. The van der Waals surface area contributed by atoms with Crippen LogP contribution in [0.25, 0.3) is 0 Å². The average molecular weight is 182 g/mol. The molecule has 0 aliphatic heterocycles. The third kappa shape index (κ3) is 1.10. The van der Waals surface area contributed by atoms with Crippen molar-refractivity contribution in [2.45, 2.75) is 19.3 Å². The quantitative estimate of drug-likeness (QED) is 0.479. The van der Waals surface area contributed by atoms with Gasteiger partial charge in [-0.25, -0.2) is 0 Å². The summed E-state index contributed by atoms with van der Waals surface area (Å²) >= 11 is 0. The summed E-state index contributed by atoms with van der Waals surface area (Å²) in [5.41, 5.74) is 0.348. The molecule has 0 saturated carbocycles. The molecule has 68 valence electrons. The highest BCUT2D eigenvalue weighted by molar-refractivity contribution is 5.96. The van der Waals surface area contributed by atoms with Gasteiger partial charge in [0.15, 0.2) is 5.16 Å². The zero-order valence-electron chi connectivity index (χ0n) is 6.65. The van der Waals surface area contributed by atoms with Crippen LogP contribution in [0.4, 0.5) is 5.82 Å². The molecule has 0 radical (unpaired) electrons. The Labute approximate surface area is 72.7 Å². The normalized spacial score (nSPS) is 15.5. The Morgan fingerprint density at radius 2 is 2.23 bits per heavy atom. The van der Waals surface area contributed by atoms with Crippen LogP contribution >= 0.6 is 0 Å². The number of fused-ring (bicyclic) bond motifs is 1. The number of hydrogen-bond acceptors (Lipinski definition) is 5. The van der Waals surface area contributed by atoms with E-state index in [1.165, 1.54) is 0 Å². The Morgan fingerprint density at radius 1 is 1.46 bits per heavy atom. The molecule has 2 rings (SSSR count). The first kappa shape index (κ1) is 7.90. The minimum absolute atomic E-state index is 0.0675. The van der Waals surface area contributed by atoms with E-state index in [9.17, 15) is 14.9 Å². The largest absolute Gasteiger partial charge is 0.417 e. The Hall–Kier alpha value is -1.72. The first-order valence-electron chi connectivity index (χ1n) is 3.86. The molecule has 1 aromatic rings. The van der Waals surface area contributed by atoms with Crippen LogP contribution in [0.15, 0.2) is 4.52 Å². The summed E-state index contributed by atoms with van der Waals surface area (Å²) < 4.78 is 4.62. The standard InChI is InChI=1S/C7H6N2O4/c10-5-3-1-2-4-6(5)13-8-7(4)9(11)12/h1-3H2. The van der Waals surface area contributed by atoms with Crippen LogP contribution in [-0.4, -0.2) is 15.9 Å². The highest BCUT2D eigenvalue weighted by Crippen LogP contribution is 2.28. The van der Waals surface area contributed by atoms with Gasteiger partial charge in [0.1, 0.15) is 5.56 Å². The number of ketones is 1. The molecule has 0 N–H and O–H groups in total. The van der Waals surface area contributed by atoms with Gasteiger partial charge in [0, 0.05) is 6.42 Å². The van der Waals surface area contributed by atoms with Gasteiger partial charge >= 0.3 is 5.82 Å². The first-order chi connectivity index (χ1) is 6.20. The topological polar surface area (TPSA) is 86.2 Å². The van der Waals surface area contributed by atoms with Crippen LogP contribution in [0.1, 0.15) is 29.0 Å². The fraction of sp³-hybridized carbons (Fsp3) is 0.429. The average Bonchev–Trinajstić information content (AvgIpc) is 2.48. The maximum Gasteiger partial charge on any atom is 0.417 e. The highest BCUT2D eigenvalue weighted by atomic mass is 16.6. The van der Waals surface area contributed by atoms with Crippen molar-refractivity contribution in [3.8, 4) is 0 Å². The molecule has 1 heterocycles. The third-order valence-corrected chi connectivity index (χ3v) is 2.02. The van der Waals surface area contributed by atoms with Crippen molar-refractivity contribution in [2.24, 2.45) is 0 Å². The number of hydrogen-bond donors (Lipinski definition) is 0. The van der Waals surface area contributed by atoms with Gasteiger partial charge in [-0.2, -0.15) is 0 Å². The summed E-state index contributed by atoms with van der Waals surface area (Å²) in [6.07, 6.45) is 1.52. The number of nitro groups is 1. The summed E-state index contributed by atoms with van der Waals surface area (Å²) in [6.45, 7) is 0. The molecule has 0 fully saturated rings. The number of nitrogens with zero attached hydrogens (tertiary/aromatic N) is 2. The summed E-state index contributed by atoms with van der Waals surface area (Å²) in [6, 6.07) is 0. The number of carbonyl (C=O) groups excluding carboxylic acids is 1. The number of aromatic nitrogens is 1. The van der Waals surface area contributed by atoms with E-state index in [4.69, 9.17) is 0 Å². The summed E-state index contributed by atoms with van der Waals surface area (Å²) in [7, 11) is 0. The van der Waals surface area contributed by atoms with Crippen LogP contribution < -0.4 is 0 Å². The van der Waals surface area contributed by atoms with Crippen molar-refractivity contribution >= 4 is 11.6 Å². The maximum atomic E-state index is 11.2. The molecular weight excluding hydrogens is 176 g/mol. The Balaban J connectivity index is 2.53. The summed E-state index contributed by atoms with van der Waals surface area (Å²) in [5, 5.41) is 13.7. The van der Waals surface area contributed by atoms with Crippen molar-refractivity contribution in [2.75, 3.05) is 0 Å². The van der Waals surface area contributed by atoms with Crippen molar-refractivity contribution in [1.29, 1.82) is 0 Å². The van der Waals surface area contributed by atoms with E-state index in [2.05, 4.69) is 9.68 Å². The second kappa shape index (κ2) is 2.65. The fourth-order valence-corrected chi connectivity index (χ4v) is 1.43. The van der Waals surface area contributed by atoms with Crippen LogP contribution in [0, 0.1) is 10.1 Å². The third-order valence-electron chi connectivity index (χ3n) is 2.02. The van der Waals surface area contributed by atoms with Gasteiger partial charge < -0.3 is 10.1 Å². The molecule has 0 atom stereocenters. The van der Waals surface area contributed by atoms with Crippen molar-refractivity contribution in [3.05, 3.63) is 21.4 Å². The van der Waals surface area contributed by atoms with E-state index in [1.807, 2.05) is 0 Å². The van der Waals surface area contributed by atoms with Crippen LogP contribution in [0.5, 0.6) is 0 Å². The fourth-order valence-electron chi connectivity index (χ4n) is 1.43. The summed E-state index contributed by atoms with van der Waals surface area (Å²) in [5.74, 6) is -0.442. The van der Waals surface area contributed by atoms with E-state index in [0.717, 1.165) is 0 Å². The highest BCUT2D eigenvalue weighted by Gasteiger charge is 2.32. The second-order valence-corrected chi connectivity index (χ2v) is 2.85. The molecule has 13 heavy (non-hydrogen) atoms. The number of carbonyl (C=O) groups is 1. The molecule has 0 aromatic carbocycles. The van der Waals surface area contributed by atoms with Crippen molar-refractivity contribution in [1.82, 2.24) is 5.16 Å². The van der Waals surface area contributed by atoms with Crippen molar-refractivity contribution < 1.29 is 14.2 Å². The Bertz CT molecular complexity index is 368. The predicted molar refractivity (Wildman–Crippen MR) is 40.4 cm³/mol. The van der Waals surface area contributed by atoms with Crippen LogP contribution in [0.3, 0.4) is 0 Å². The van der Waals surface area contributed by atoms with E-state index >= 15 is 0 Å². The van der Waals surface area contributed by atoms with Crippen molar-refractivity contribution in [3.63, 3.8) is 0 Å². The van der Waals surface area contributed by atoms with Gasteiger partial charge in [0.2, 0.25) is 11.5 Å². The monoisotopic (exact) mass is 182 g/mol. The zero-order chi connectivity index (χ0) is 9.42. The molecular formula is C7H6N2O4. The van der Waals surface area contributed by atoms with Gasteiger partial charge in [-0.05, 0) is 17.8 Å². The van der Waals surface area contributed by atoms with E-state index in [1.54, 1.807) is 0 Å². The smallest absolute Gasteiger partial charge is 0.358 e. The molecule has 0 amide bonds. The lowest BCUT2D eigenvalue weighted by molar-refractivity contribution is -0.391. The Morgan fingerprint density at radius 3 is 2.92 bits per heavy atom. The molecule has 1 aliphatic rings. The SMILES string of the molecule is O=C1CCCc2c([N+](=O)[O-])noc21. The molecule has 0 saturated heterocycles. The van der Waals surface area contributed by atoms with Gasteiger partial charge in [0.25, 0.3) is 0 Å². The number of Topliss-reactive ketones (excluding diaryl/α,β-unsaturated/α-hetero) is 1. The molecule has 1 aromatic heterocycles. The predicted octanol–water partition coefficient (Wildman–Crippen LogP) is 1.10. The molecule has 6 nitrogen and oxygen atoms in total. The molecule has 0 spiro atoms. The van der Waals surface area contributed by atoms with Gasteiger partial charge in [-0.1, -0.05) is 0 Å². The van der Waals surface area contributed by atoms with Crippen LogP contribution in [0.2, 0.25) is 0 Å². The van der Waals surface area contributed by atoms with Gasteiger partial charge in [-0.3, -0.25) is 9.32 Å². The zero-order valence-corrected chi connectivity index (χ0v) is 6.65. The lowest BCUT2D eigenvalue weighted by Gasteiger charge is -2.04. The summed E-state index contributed by atoms with van der Waals surface area (Å²) in [4.78, 5) is 21.0. The lowest BCUT2D eigenvalue weighted by atomic mass is 9.97. The molecule has 0 unspecified atom stereocenters. The van der Waals surface area contributed by atoms with Crippen LogP contribution in [-0.2, 0) is 6.42 Å². The van der Waals surface area contributed by atoms with Gasteiger partial charge in [0.05, 0.1) is 0 Å². The van der Waals surface area contributed by atoms with Gasteiger partial charge in [-0.15, -0.1) is 0 Å². The van der Waals surface area contributed by atoms with E-state index in [-0.39, 0.29) is 17.4 Å². The first-order valence-corrected chi connectivity index (χ1v) is 3.86. The minimum Gasteiger partial charge on any atom is -0.358 e. The van der Waals surface area contributed by atoms with E-state index < -0.39 is 4.92 Å². The number of rotatable bonds is 1. The minimum atomic E-state index is -0.624. The lowest BCUT2D eigenvalue weighted by Crippen LogP contribution is -2.09. The molecule has 0 bridgehead atoms. The van der Waals surface area contributed by atoms with E-state index in [0.29, 0.717) is 24.8 Å².